The summed E-state index contributed by atoms with van der Waals surface area (Å²) in [5.41, 5.74) is 1.01. The first kappa shape index (κ1) is 16.9. The van der Waals surface area contributed by atoms with Gasteiger partial charge in [0.05, 0.1) is 6.61 Å². The van der Waals surface area contributed by atoms with Gasteiger partial charge in [-0.25, -0.2) is 0 Å². The normalized spacial score (nSPS) is 25.0. The van der Waals surface area contributed by atoms with Crippen LogP contribution in [0.2, 0.25) is 0 Å². The van der Waals surface area contributed by atoms with Gasteiger partial charge in [-0.15, -0.1) is 0 Å². The molecule has 2 fully saturated rings. The number of likely N-dealkylation sites (tertiary alicyclic amines) is 1. The van der Waals surface area contributed by atoms with Gasteiger partial charge < -0.3 is 19.9 Å². The van der Waals surface area contributed by atoms with Gasteiger partial charge in [0, 0.05) is 19.1 Å². The molecule has 2 aliphatic rings. The lowest BCUT2D eigenvalue weighted by molar-refractivity contribution is -0.155. The monoisotopic (exact) mass is 331 g/mol. The molecule has 0 unspecified atom stereocenters. The van der Waals surface area contributed by atoms with Gasteiger partial charge in [-0.05, 0) is 32.0 Å². The van der Waals surface area contributed by atoms with Crippen LogP contribution in [0.3, 0.4) is 0 Å². The zero-order valence-corrected chi connectivity index (χ0v) is 14.1. The standard InChI is InChI=1S/C18H25N3O3/c1-20-9-5-8-15(20)10-19-18(23)16-12-24-13-17(22)21(16)11-14-6-3-2-4-7-14/h2-4,6-7,15-16H,5,8-13H2,1H3,(H,19,23)/t15-,16-/m0/s1. The van der Waals surface area contributed by atoms with E-state index in [1.54, 1.807) is 4.90 Å². The lowest BCUT2D eigenvalue weighted by Gasteiger charge is -2.35. The van der Waals surface area contributed by atoms with Gasteiger partial charge >= 0.3 is 0 Å². The quantitative estimate of drug-likeness (QED) is 0.859. The molecule has 0 saturated carbocycles. The van der Waals surface area contributed by atoms with Gasteiger partial charge in [0.25, 0.3) is 0 Å². The van der Waals surface area contributed by atoms with Crippen LogP contribution in [0.4, 0.5) is 0 Å². The number of rotatable bonds is 5. The highest BCUT2D eigenvalue weighted by Crippen LogP contribution is 2.16. The van der Waals surface area contributed by atoms with Crippen LogP contribution in [-0.4, -0.2) is 67.0 Å². The molecule has 0 radical (unpaired) electrons. The Morgan fingerprint density at radius 2 is 2.12 bits per heavy atom. The van der Waals surface area contributed by atoms with Gasteiger partial charge in [-0.1, -0.05) is 30.3 Å². The summed E-state index contributed by atoms with van der Waals surface area (Å²) < 4.78 is 5.31. The Hall–Kier alpha value is -1.92. The van der Waals surface area contributed by atoms with Gasteiger partial charge in [0.2, 0.25) is 11.8 Å². The molecule has 0 aliphatic carbocycles. The molecule has 6 heteroatoms. The molecule has 0 spiro atoms. The van der Waals surface area contributed by atoms with E-state index < -0.39 is 6.04 Å². The van der Waals surface area contributed by atoms with E-state index in [0.717, 1.165) is 18.5 Å². The summed E-state index contributed by atoms with van der Waals surface area (Å²) in [7, 11) is 2.08. The third-order valence-electron chi connectivity index (χ3n) is 4.88. The predicted molar refractivity (Wildman–Crippen MR) is 90.3 cm³/mol. The zero-order valence-electron chi connectivity index (χ0n) is 14.1. The van der Waals surface area contributed by atoms with E-state index in [1.165, 1.54) is 6.42 Å². The highest BCUT2D eigenvalue weighted by Gasteiger charge is 2.34. The van der Waals surface area contributed by atoms with E-state index in [4.69, 9.17) is 4.74 Å². The zero-order chi connectivity index (χ0) is 16.9. The van der Waals surface area contributed by atoms with Gasteiger partial charge in [0.1, 0.15) is 12.6 Å². The SMILES string of the molecule is CN1CCC[C@H]1CNC(=O)[C@@H]1COCC(=O)N1Cc1ccccc1. The molecular formula is C18H25N3O3. The predicted octanol–water partition coefficient (Wildman–Crippen LogP) is 0.624. The van der Waals surface area contributed by atoms with Crippen molar-refractivity contribution < 1.29 is 14.3 Å². The maximum Gasteiger partial charge on any atom is 0.249 e. The van der Waals surface area contributed by atoms with Gasteiger partial charge in [-0.3, -0.25) is 9.59 Å². The van der Waals surface area contributed by atoms with Crippen LogP contribution in [0.15, 0.2) is 30.3 Å². The summed E-state index contributed by atoms with van der Waals surface area (Å²) in [6.45, 7) is 2.43. The van der Waals surface area contributed by atoms with Crippen molar-refractivity contribution in [1.29, 1.82) is 0 Å². The first-order valence-electron chi connectivity index (χ1n) is 8.54. The first-order chi connectivity index (χ1) is 11.6. The number of benzene rings is 1. The summed E-state index contributed by atoms with van der Waals surface area (Å²) in [5, 5.41) is 3.01. The summed E-state index contributed by atoms with van der Waals surface area (Å²) in [4.78, 5) is 28.7. The lowest BCUT2D eigenvalue weighted by Crippen LogP contribution is -2.56. The second kappa shape index (κ2) is 7.77. The number of carbonyl (C=O) groups is 2. The van der Waals surface area contributed by atoms with E-state index in [-0.39, 0.29) is 25.0 Å². The molecule has 2 aliphatic heterocycles. The van der Waals surface area contributed by atoms with Crippen LogP contribution in [0, 0.1) is 0 Å². The van der Waals surface area contributed by atoms with Crippen molar-refractivity contribution in [2.45, 2.75) is 31.5 Å². The number of ether oxygens (including phenoxy) is 1. The summed E-state index contributed by atoms with van der Waals surface area (Å²) >= 11 is 0. The van der Waals surface area contributed by atoms with E-state index in [2.05, 4.69) is 17.3 Å². The van der Waals surface area contributed by atoms with E-state index in [0.29, 0.717) is 19.1 Å². The highest BCUT2D eigenvalue weighted by molar-refractivity contribution is 5.89. The van der Waals surface area contributed by atoms with Crippen LogP contribution in [0.5, 0.6) is 0 Å². The minimum atomic E-state index is -0.557. The van der Waals surface area contributed by atoms with Gasteiger partial charge in [-0.2, -0.15) is 0 Å². The lowest BCUT2D eigenvalue weighted by atomic mass is 10.1. The van der Waals surface area contributed by atoms with Crippen molar-refractivity contribution in [2.75, 3.05) is 33.4 Å². The second-order valence-corrected chi connectivity index (χ2v) is 6.56. The highest BCUT2D eigenvalue weighted by atomic mass is 16.5. The molecular weight excluding hydrogens is 306 g/mol. The average molecular weight is 331 g/mol. The fraction of sp³-hybridized carbons (Fsp3) is 0.556. The molecule has 130 valence electrons. The van der Waals surface area contributed by atoms with Crippen molar-refractivity contribution in [2.24, 2.45) is 0 Å². The molecule has 2 atom stereocenters. The van der Waals surface area contributed by atoms with Crippen LogP contribution >= 0.6 is 0 Å². The third kappa shape index (κ3) is 3.94. The summed E-state index contributed by atoms with van der Waals surface area (Å²) in [5.74, 6) is -0.262. The van der Waals surface area contributed by atoms with E-state index >= 15 is 0 Å². The van der Waals surface area contributed by atoms with E-state index in [9.17, 15) is 9.59 Å². The van der Waals surface area contributed by atoms with Crippen LogP contribution in [0.25, 0.3) is 0 Å². The summed E-state index contributed by atoms with van der Waals surface area (Å²) in [6, 6.07) is 9.56. The number of nitrogens with one attached hydrogen (secondary N) is 1. The maximum atomic E-state index is 12.6. The molecule has 1 N–H and O–H groups in total. The van der Waals surface area contributed by atoms with Crippen molar-refractivity contribution in [1.82, 2.24) is 15.1 Å². The summed E-state index contributed by atoms with van der Waals surface area (Å²) in [6.07, 6.45) is 2.27. The molecule has 0 aromatic heterocycles. The molecule has 2 amide bonds. The van der Waals surface area contributed by atoms with Crippen LogP contribution in [-0.2, 0) is 20.9 Å². The Morgan fingerprint density at radius 1 is 1.33 bits per heavy atom. The number of amides is 2. The molecule has 2 saturated heterocycles. The van der Waals surface area contributed by atoms with Gasteiger partial charge in [0.15, 0.2) is 0 Å². The third-order valence-corrected chi connectivity index (χ3v) is 4.88. The fourth-order valence-corrected chi connectivity index (χ4v) is 3.37. The number of nitrogens with zero attached hydrogens (tertiary/aromatic N) is 2. The second-order valence-electron chi connectivity index (χ2n) is 6.56. The van der Waals surface area contributed by atoms with Crippen molar-refractivity contribution >= 4 is 11.8 Å². The van der Waals surface area contributed by atoms with Crippen molar-refractivity contribution in [3.05, 3.63) is 35.9 Å². The molecule has 2 heterocycles. The smallest absolute Gasteiger partial charge is 0.249 e. The average Bonchev–Trinajstić information content (AvgIpc) is 3.00. The number of morpholine rings is 1. The Balaban J connectivity index is 1.62. The molecule has 0 bridgehead atoms. The Bertz CT molecular complexity index is 578. The van der Waals surface area contributed by atoms with Crippen molar-refractivity contribution in [3.63, 3.8) is 0 Å². The van der Waals surface area contributed by atoms with Crippen molar-refractivity contribution in [3.8, 4) is 0 Å². The Kier molecular flexibility index (Phi) is 5.48. The fourth-order valence-electron chi connectivity index (χ4n) is 3.37. The number of hydrogen-bond acceptors (Lipinski definition) is 4. The number of likely N-dealkylation sites (N-methyl/N-ethyl adjacent to an activating group) is 1. The Morgan fingerprint density at radius 3 is 2.83 bits per heavy atom. The molecule has 6 nitrogen and oxygen atoms in total. The van der Waals surface area contributed by atoms with Crippen LogP contribution in [0.1, 0.15) is 18.4 Å². The number of hydrogen-bond donors (Lipinski definition) is 1. The molecule has 24 heavy (non-hydrogen) atoms. The molecule has 1 aromatic carbocycles. The van der Waals surface area contributed by atoms with E-state index in [1.807, 2.05) is 30.3 Å². The largest absolute Gasteiger partial charge is 0.369 e. The Labute approximate surface area is 142 Å². The molecule has 3 rings (SSSR count). The number of carbonyl (C=O) groups excluding carboxylic acids is 2. The topological polar surface area (TPSA) is 61.9 Å². The minimum absolute atomic E-state index is 0.0436. The maximum absolute atomic E-state index is 12.6. The first-order valence-corrected chi connectivity index (χ1v) is 8.54. The van der Waals surface area contributed by atoms with Crippen LogP contribution < -0.4 is 5.32 Å². The minimum Gasteiger partial charge on any atom is -0.369 e. The molecule has 1 aromatic rings.